The van der Waals surface area contributed by atoms with Gasteiger partial charge < -0.3 is 9.47 Å². The fourth-order valence-corrected chi connectivity index (χ4v) is 1.85. The van der Waals surface area contributed by atoms with E-state index in [9.17, 15) is 4.79 Å². The average Bonchev–Trinajstić information content (AvgIpc) is 2.70. The van der Waals surface area contributed by atoms with Crippen LogP contribution in [-0.2, 0) is 17.8 Å². The summed E-state index contributed by atoms with van der Waals surface area (Å²) in [5, 5.41) is 0. The summed E-state index contributed by atoms with van der Waals surface area (Å²) in [6, 6.07) is 3.97. The molecule has 1 aromatic rings. The van der Waals surface area contributed by atoms with Crippen molar-refractivity contribution in [1.82, 2.24) is 0 Å². The maximum atomic E-state index is 11.3. The monoisotopic (exact) mass is 176 g/mol. The van der Waals surface area contributed by atoms with Gasteiger partial charge in [-0.15, -0.1) is 0 Å². The van der Waals surface area contributed by atoms with Gasteiger partial charge in [-0.05, 0) is 5.56 Å². The van der Waals surface area contributed by atoms with E-state index in [1.54, 1.807) is 0 Å². The van der Waals surface area contributed by atoms with Gasteiger partial charge in [0.1, 0.15) is 17.9 Å². The van der Waals surface area contributed by atoms with Crippen molar-refractivity contribution in [2.75, 3.05) is 6.61 Å². The summed E-state index contributed by atoms with van der Waals surface area (Å²) in [5.41, 5.74) is 2.72. The number of carbonyl (C=O) groups is 1. The lowest BCUT2D eigenvalue weighted by atomic mass is 10.0. The van der Waals surface area contributed by atoms with Gasteiger partial charge in [-0.25, -0.2) is 4.79 Å². The minimum Gasteiger partial charge on any atom is -0.492 e. The number of cyclic esters (lactones) is 1. The average molecular weight is 176 g/mol. The number of esters is 1. The van der Waals surface area contributed by atoms with Gasteiger partial charge in [-0.1, -0.05) is 12.1 Å². The zero-order valence-electron chi connectivity index (χ0n) is 7.00. The van der Waals surface area contributed by atoms with E-state index in [1.165, 1.54) is 0 Å². The molecule has 0 aliphatic carbocycles. The highest BCUT2D eigenvalue weighted by atomic mass is 16.5. The number of hydrogen-bond acceptors (Lipinski definition) is 3. The molecule has 13 heavy (non-hydrogen) atoms. The molecule has 0 fully saturated rings. The fraction of sp³-hybridized carbons (Fsp3) is 0.300. The van der Waals surface area contributed by atoms with Gasteiger partial charge in [-0.2, -0.15) is 0 Å². The third kappa shape index (κ3) is 0.813. The first-order valence-corrected chi connectivity index (χ1v) is 4.31. The quantitative estimate of drug-likeness (QED) is 0.559. The van der Waals surface area contributed by atoms with Gasteiger partial charge in [0.05, 0.1) is 6.61 Å². The number of hydrogen-bond donors (Lipinski definition) is 0. The summed E-state index contributed by atoms with van der Waals surface area (Å²) in [7, 11) is 0. The summed E-state index contributed by atoms with van der Waals surface area (Å²) in [6.07, 6.45) is 0.899. The van der Waals surface area contributed by atoms with Crippen molar-refractivity contribution < 1.29 is 14.3 Å². The van der Waals surface area contributed by atoms with Crippen LogP contribution in [0.3, 0.4) is 0 Å². The molecule has 0 unspecified atom stereocenters. The topological polar surface area (TPSA) is 35.5 Å². The number of rotatable bonds is 0. The maximum absolute atomic E-state index is 11.3. The Morgan fingerprint density at radius 3 is 2.92 bits per heavy atom. The first-order valence-electron chi connectivity index (χ1n) is 4.31. The first kappa shape index (κ1) is 6.95. The van der Waals surface area contributed by atoms with Crippen molar-refractivity contribution in [1.29, 1.82) is 0 Å². The minimum absolute atomic E-state index is 0.242. The Morgan fingerprint density at radius 2 is 2.00 bits per heavy atom. The van der Waals surface area contributed by atoms with E-state index >= 15 is 0 Å². The van der Waals surface area contributed by atoms with Gasteiger partial charge in [0.15, 0.2) is 0 Å². The number of fused-ring (bicyclic) bond motifs is 3. The number of ether oxygens (including phenoxy) is 2. The second kappa shape index (κ2) is 2.25. The molecule has 66 valence electrons. The molecule has 2 aliphatic rings. The summed E-state index contributed by atoms with van der Waals surface area (Å²) < 4.78 is 10.3. The lowest BCUT2D eigenvalue weighted by molar-refractivity contribution is 0.0533. The van der Waals surface area contributed by atoms with Crippen LogP contribution in [-0.4, -0.2) is 12.6 Å². The first-order chi connectivity index (χ1) is 6.36. The Balaban J connectivity index is 2.29. The lowest BCUT2D eigenvalue weighted by Gasteiger charge is -2.01. The van der Waals surface area contributed by atoms with Crippen molar-refractivity contribution in [2.24, 2.45) is 0 Å². The predicted octanol–water partition coefficient (Wildman–Crippen LogP) is 1.29. The Morgan fingerprint density at radius 1 is 1.15 bits per heavy atom. The SMILES string of the molecule is O=C1OCc2ccc3c(c21)OCC3. The van der Waals surface area contributed by atoms with Gasteiger partial charge in [0, 0.05) is 12.0 Å². The molecular formula is C10H8O3. The van der Waals surface area contributed by atoms with E-state index in [4.69, 9.17) is 9.47 Å². The molecule has 0 saturated carbocycles. The lowest BCUT2D eigenvalue weighted by Crippen LogP contribution is -1.97. The highest BCUT2D eigenvalue weighted by Crippen LogP contribution is 2.35. The standard InChI is InChI=1S/C10H8O3/c11-10-8-7(5-13-10)2-1-6-3-4-12-9(6)8/h1-2H,3-5H2. The van der Waals surface area contributed by atoms with Crippen LogP contribution < -0.4 is 4.74 Å². The molecule has 0 atom stereocenters. The van der Waals surface area contributed by atoms with Crippen LogP contribution in [0, 0.1) is 0 Å². The van der Waals surface area contributed by atoms with Crippen molar-refractivity contribution in [2.45, 2.75) is 13.0 Å². The predicted molar refractivity (Wildman–Crippen MR) is 44.8 cm³/mol. The Kier molecular flexibility index (Phi) is 1.20. The van der Waals surface area contributed by atoms with Gasteiger partial charge in [0.25, 0.3) is 0 Å². The van der Waals surface area contributed by atoms with Crippen LogP contribution in [0.1, 0.15) is 21.5 Å². The Bertz CT molecular complexity index is 395. The molecular weight excluding hydrogens is 168 g/mol. The smallest absolute Gasteiger partial charge is 0.342 e. The zero-order chi connectivity index (χ0) is 8.84. The highest BCUT2D eigenvalue weighted by Gasteiger charge is 2.29. The summed E-state index contributed by atoms with van der Waals surface area (Å²) >= 11 is 0. The van der Waals surface area contributed by atoms with Crippen molar-refractivity contribution in [3.05, 3.63) is 28.8 Å². The molecule has 0 radical (unpaired) electrons. The summed E-state index contributed by atoms with van der Waals surface area (Å²) in [5.74, 6) is 0.508. The van der Waals surface area contributed by atoms with E-state index in [2.05, 4.69) is 0 Å². The van der Waals surface area contributed by atoms with E-state index in [-0.39, 0.29) is 5.97 Å². The second-order valence-electron chi connectivity index (χ2n) is 3.26. The molecule has 3 rings (SSSR count). The molecule has 0 spiro atoms. The summed E-state index contributed by atoms with van der Waals surface area (Å²) in [4.78, 5) is 11.3. The molecule has 0 aromatic heterocycles. The molecule has 2 aliphatic heterocycles. The van der Waals surface area contributed by atoms with Crippen LogP contribution in [0.25, 0.3) is 0 Å². The fourth-order valence-electron chi connectivity index (χ4n) is 1.85. The van der Waals surface area contributed by atoms with E-state index < -0.39 is 0 Å². The molecule has 2 heterocycles. The molecule has 0 amide bonds. The second-order valence-corrected chi connectivity index (χ2v) is 3.26. The number of benzene rings is 1. The largest absolute Gasteiger partial charge is 0.492 e. The molecule has 3 nitrogen and oxygen atoms in total. The van der Waals surface area contributed by atoms with Crippen LogP contribution in [0.4, 0.5) is 0 Å². The van der Waals surface area contributed by atoms with Crippen LogP contribution >= 0.6 is 0 Å². The maximum Gasteiger partial charge on any atom is 0.342 e. The van der Waals surface area contributed by atoms with Gasteiger partial charge >= 0.3 is 5.97 Å². The van der Waals surface area contributed by atoms with E-state index in [0.29, 0.717) is 18.8 Å². The molecule has 0 N–H and O–H groups in total. The summed E-state index contributed by atoms with van der Waals surface area (Å²) in [6.45, 7) is 1.07. The highest BCUT2D eigenvalue weighted by molar-refractivity contribution is 5.97. The Hall–Kier alpha value is -1.51. The van der Waals surface area contributed by atoms with E-state index in [0.717, 1.165) is 23.3 Å². The van der Waals surface area contributed by atoms with Crippen LogP contribution in [0.2, 0.25) is 0 Å². The third-order valence-corrected chi connectivity index (χ3v) is 2.51. The zero-order valence-corrected chi connectivity index (χ0v) is 7.00. The molecule has 3 heteroatoms. The van der Waals surface area contributed by atoms with Gasteiger partial charge in [-0.3, -0.25) is 0 Å². The third-order valence-electron chi connectivity index (χ3n) is 2.51. The van der Waals surface area contributed by atoms with E-state index in [1.807, 2.05) is 12.1 Å². The molecule has 0 bridgehead atoms. The molecule has 1 aromatic carbocycles. The Labute approximate surface area is 75.3 Å². The van der Waals surface area contributed by atoms with Crippen molar-refractivity contribution in [3.63, 3.8) is 0 Å². The van der Waals surface area contributed by atoms with Crippen molar-refractivity contribution >= 4 is 5.97 Å². The number of carbonyl (C=O) groups excluding carboxylic acids is 1. The minimum atomic E-state index is -0.242. The molecule has 0 saturated heterocycles. The van der Waals surface area contributed by atoms with Crippen LogP contribution in [0.5, 0.6) is 5.75 Å². The van der Waals surface area contributed by atoms with Gasteiger partial charge in [0.2, 0.25) is 0 Å². The normalized spacial score (nSPS) is 17.7. The van der Waals surface area contributed by atoms with Crippen molar-refractivity contribution in [3.8, 4) is 5.75 Å². The van der Waals surface area contributed by atoms with Crippen LogP contribution in [0.15, 0.2) is 12.1 Å².